The SMILES string of the molecule is CC[C@@H](NC(=O)c1ccc2nc(-c3ccc(F)cc3)cn2c1)c1ncc(C)[nH]1. The van der Waals surface area contributed by atoms with E-state index in [0.717, 1.165) is 29.2 Å². The zero-order chi connectivity index (χ0) is 19.7. The van der Waals surface area contributed by atoms with E-state index in [-0.39, 0.29) is 17.8 Å². The Morgan fingerprint density at radius 1 is 1.21 bits per heavy atom. The smallest absolute Gasteiger partial charge is 0.253 e. The van der Waals surface area contributed by atoms with E-state index in [1.54, 1.807) is 41.1 Å². The van der Waals surface area contributed by atoms with Crippen molar-refractivity contribution in [2.45, 2.75) is 26.3 Å². The first kappa shape index (κ1) is 17.9. The van der Waals surface area contributed by atoms with Gasteiger partial charge in [0.15, 0.2) is 0 Å². The predicted molar refractivity (Wildman–Crippen MR) is 104 cm³/mol. The van der Waals surface area contributed by atoms with E-state index < -0.39 is 0 Å². The van der Waals surface area contributed by atoms with Crippen molar-refractivity contribution >= 4 is 11.6 Å². The van der Waals surface area contributed by atoms with E-state index >= 15 is 0 Å². The highest BCUT2D eigenvalue weighted by Gasteiger charge is 2.17. The van der Waals surface area contributed by atoms with Crippen molar-refractivity contribution in [3.05, 3.63) is 77.9 Å². The van der Waals surface area contributed by atoms with Crippen molar-refractivity contribution in [3.63, 3.8) is 0 Å². The van der Waals surface area contributed by atoms with Crippen molar-refractivity contribution in [1.29, 1.82) is 0 Å². The number of carbonyl (C=O) groups excluding carboxylic acids is 1. The van der Waals surface area contributed by atoms with Crippen LogP contribution in [0.5, 0.6) is 0 Å². The van der Waals surface area contributed by atoms with Gasteiger partial charge in [0.1, 0.15) is 17.3 Å². The summed E-state index contributed by atoms with van der Waals surface area (Å²) in [4.78, 5) is 24.7. The van der Waals surface area contributed by atoms with E-state index in [9.17, 15) is 9.18 Å². The molecule has 0 spiro atoms. The van der Waals surface area contributed by atoms with Gasteiger partial charge in [0.05, 0.1) is 17.3 Å². The number of halogens is 1. The van der Waals surface area contributed by atoms with Crippen LogP contribution in [0, 0.1) is 12.7 Å². The molecule has 1 amide bonds. The van der Waals surface area contributed by atoms with Crippen molar-refractivity contribution in [3.8, 4) is 11.3 Å². The van der Waals surface area contributed by atoms with Crippen molar-refractivity contribution < 1.29 is 9.18 Å². The van der Waals surface area contributed by atoms with Gasteiger partial charge in [-0.2, -0.15) is 0 Å². The first-order valence-corrected chi connectivity index (χ1v) is 9.10. The minimum atomic E-state index is -0.288. The fourth-order valence-corrected chi connectivity index (χ4v) is 3.10. The molecule has 142 valence electrons. The fraction of sp³-hybridized carbons (Fsp3) is 0.190. The van der Waals surface area contributed by atoms with Gasteiger partial charge in [0.25, 0.3) is 5.91 Å². The molecule has 0 saturated heterocycles. The van der Waals surface area contributed by atoms with Crippen LogP contribution in [-0.4, -0.2) is 25.3 Å². The van der Waals surface area contributed by atoms with Crippen LogP contribution in [0.15, 0.2) is 55.0 Å². The van der Waals surface area contributed by atoms with Crippen LogP contribution >= 0.6 is 0 Å². The van der Waals surface area contributed by atoms with Crippen LogP contribution in [0.1, 0.15) is 41.3 Å². The molecule has 0 saturated carbocycles. The molecule has 28 heavy (non-hydrogen) atoms. The lowest BCUT2D eigenvalue weighted by atomic mass is 10.2. The minimum absolute atomic E-state index is 0.181. The molecule has 2 N–H and O–H groups in total. The monoisotopic (exact) mass is 377 g/mol. The summed E-state index contributed by atoms with van der Waals surface area (Å²) in [6.07, 6.45) is 6.04. The second-order valence-corrected chi connectivity index (χ2v) is 6.70. The normalized spacial score (nSPS) is 12.2. The molecule has 0 aliphatic heterocycles. The van der Waals surface area contributed by atoms with Crippen molar-refractivity contribution in [1.82, 2.24) is 24.7 Å². The minimum Gasteiger partial charge on any atom is -0.344 e. The number of benzene rings is 1. The third-order valence-corrected chi connectivity index (χ3v) is 4.62. The second-order valence-electron chi connectivity index (χ2n) is 6.70. The number of fused-ring (bicyclic) bond motifs is 1. The van der Waals surface area contributed by atoms with Gasteiger partial charge in [-0.1, -0.05) is 6.92 Å². The molecule has 0 aliphatic carbocycles. The van der Waals surface area contributed by atoms with E-state index in [1.165, 1.54) is 12.1 Å². The molecule has 1 atom stereocenters. The molecule has 4 rings (SSSR count). The summed E-state index contributed by atoms with van der Waals surface area (Å²) in [7, 11) is 0. The van der Waals surface area contributed by atoms with Gasteiger partial charge < -0.3 is 14.7 Å². The number of H-pyrrole nitrogens is 1. The first-order valence-electron chi connectivity index (χ1n) is 9.10. The molecule has 0 aliphatic rings. The average Bonchev–Trinajstić information content (AvgIpc) is 3.32. The third kappa shape index (κ3) is 3.51. The number of pyridine rings is 1. The summed E-state index contributed by atoms with van der Waals surface area (Å²) >= 11 is 0. The van der Waals surface area contributed by atoms with Gasteiger partial charge in [0, 0.05) is 29.8 Å². The molecular formula is C21H20FN5O. The van der Waals surface area contributed by atoms with E-state index in [0.29, 0.717) is 11.2 Å². The van der Waals surface area contributed by atoms with Gasteiger partial charge in [0.2, 0.25) is 0 Å². The molecular weight excluding hydrogens is 357 g/mol. The Labute approximate surface area is 161 Å². The lowest BCUT2D eigenvalue weighted by Gasteiger charge is -2.14. The van der Waals surface area contributed by atoms with E-state index in [2.05, 4.69) is 20.3 Å². The topological polar surface area (TPSA) is 75.1 Å². The van der Waals surface area contributed by atoms with Gasteiger partial charge in [-0.25, -0.2) is 14.4 Å². The molecule has 3 aromatic heterocycles. The molecule has 3 heterocycles. The number of nitrogens with zero attached hydrogens (tertiary/aromatic N) is 3. The predicted octanol–water partition coefficient (Wildman–Crippen LogP) is 4.05. The summed E-state index contributed by atoms with van der Waals surface area (Å²) in [5.74, 6) is 0.277. The number of amides is 1. The van der Waals surface area contributed by atoms with Crippen LogP contribution in [0.2, 0.25) is 0 Å². The number of hydrogen-bond acceptors (Lipinski definition) is 3. The zero-order valence-corrected chi connectivity index (χ0v) is 15.6. The summed E-state index contributed by atoms with van der Waals surface area (Å²) in [6.45, 7) is 3.92. The number of aromatic nitrogens is 4. The molecule has 0 fully saturated rings. The molecule has 1 aromatic carbocycles. The van der Waals surface area contributed by atoms with Crippen LogP contribution < -0.4 is 5.32 Å². The second kappa shape index (κ2) is 7.26. The van der Waals surface area contributed by atoms with Crippen LogP contribution in [-0.2, 0) is 0 Å². The Bertz CT molecular complexity index is 1130. The lowest BCUT2D eigenvalue weighted by molar-refractivity contribution is 0.0933. The highest BCUT2D eigenvalue weighted by molar-refractivity contribution is 5.94. The van der Waals surface area contributed by atoms with Gasteiger partial charge in [-0.05, 0) is 49.7 Å². The van der Waals surface area contributed by atoms with Crippen molar-refractivity contribution in [2.24, 2.45) is 0 Å². The summed E-state index contributed by atoms with van der Waals surface area (Å²) < 4.78 is 14.9. The Kier molecular flexibility index (Phi) is 4.65. The first-order chi connectivity index (χ1) is 13.5. The maximum Gasteiger partial charge on any atom is 0.253 e. The van der Waals surface area contributed by atoms with Gasteiger partial charge >= 0.3 is 0 Å². The number of aromatic amines is 1. The number of carbonyl (C=O) groups is 1. The summed E-state index contributed by atoms with van der Waals surface area (Å²) in [6, 6.07) is 9.52. The highest BCUT2D eigenvalue weighted by Crippen LogP contribution is 2.20. The lowest BCUT2D eigenvalue weighted by Crippen LogP contribution is -2.29. The number of hydrogen-bond donors (Lipinski definition) is 2. The van der Waals surface area contributed by atoms with Crippen LogP contribution in [0.3, 0.4) is 0 Å². The molecule has 0 unspecified atom stereocenters. The van der Waals surface area contributed by atoms with Gasteiger partial charge in [-0.3, -0.25) is 4.79 Å². The van der Waals surface area contributed by atoms with Gasteiger partial charge in [-0.15, -0.1) is 0 Å². The Hall–Kier alpha value is -3.48. The maximum absolute atomic E-state index is 13.1. The zero-order valence-electron chi connectivity index (χ0n) is 15.6. The highest BCUT2D eigenvalue weighted by atomic mass is 19.1. The molecule has 6 nitrogen and oxygen atoms in total. The van der Waals surface area contributed by atoms with E-state index in [4.69, 9.17) is 0 Å². The third-order valence-electron chi connectivity index (χ3n) is 4.62. The van der Waals surface area contributed by atoms with Crippen molar-refractivity contribution in [2.75, 3.05) is 0 Å². The Morgan fingerprint density at radius 2 is 2.00 bits per heavy atom. The maximum atomic E-state index is 13.1. The number of aryl methyl sites for hydroxylation is 1. The van der Waals surface area contributed by atoms with E-state index in [1.807, 2.05) is 20.0 Å². The quantitative estimate of drug-likeness (QED) is 0.551. The summed E-state index contributed by atoms with van der Waals surface area (Å²) in [5, 5.41) is 3.01. The molecule has 0 bridgehead atoms. The number of nitrogens with one attached hydrogen (secondary N) is 2. The number of imidazole rings is 2. The fourth-order valence-electron chi connectivity index (χ4n) is 3.10. The average molecular weight is 377 g/mol. The standard InChI is InChI=1S/C21H20FN5O/c1-3-17(20-23-10-13(2)24-20)26-21(28)15-6-9-19-25-18(12-27(19)11-15)14-4-7-16(22)8-5-14/h4-12,17H,3H2,1-2H3,(H,23,24)(H,26,28)/t17-/m1/s1. The largest absolute Gasteiger partial charge is 0.344 e. The molecule has 0 radical (unpaired) electrons. The Balaban J connectivity index is 1.58. The number of rotatable bonds is 5. The molecule has 7 heteroatoms. The van der Waals surface area contributed by atoms with Crippen LogP contribution in [0.4, 0.5) is 4.39 Å². The Morgan fingerprint density at radius 3 is 2.68 bits per heavy atom. The molecule has 4 aromatic rings. The summed E-state index contributed by atoms with van der Waals surface area (Å²) in [5.41, 5.74) is 3.73. The van der Waals surface area contributed by atoms with Crippen LogP contribution in [0.25, 0.3) is 16.9 Å².